The molecule has 0 aliphatic heterocycles. The van der Waals surface area contributed by atoms with Gasteiger partial charge in [0.25, 0.3) is 0 Å². The summed E-state index contributed by atoms with van der Waals surface area (Å²) in [5.74, 6) is 0.388. The summed E-state index contributed by atoms with van der Waals surface area (Å²) in [4.78, 5) is 2.85. The van der Waals surface area contributed by atoms with Crippen molar-refractivity contribution in [3.8, 4) is 0 Å². The van der Waals surface area contributed by atoms with Crippen LogP contribution >= 0.6 is 0 Å². The Morgan fingerprint density at radius 2 is 2.35 bits per heavy atom. The standard InChI is InChI=1S/C13H17N3O/c1-9(15-16-14)7-10-3-4-11-8-12(17-2)5-6-13(10)11/h3-6,9-10,12H,7-8H2,1-2H3. The molecule has 0 fully saturated rings. The Kier molecular flexibility index (Phi) is 3.67. The lowest BCUT2D eigenvalue weighted by atomic mass is 9.89. The van der Waals surface area contributed by atoms with E-state index in [9.17, 15) is 0 Å². The molecular formula is C13H17N3O. The highest BCUT2D eigenvalue weighted by Crippen LogP contribution is 2.35. The molecule has 3 unspecified atom stereocenters. The van der Waals surface area contributed by atoms with Crippen LogP contribution in [-0.4, -0.2) is 19.3 Å². The number of nitrogens with zero attached hydrogens (tertiary/aromatic N) is 3. The summed E-state index contributed by atoms with van der Waals surface area (Å²) in [5, 5.41) is 3.73. The van der Waals surface area contributed by atoms with Gasteiger partial charge in [-0.25, -0.2) is 0 Å². The highest BCUT2D eigenvalue weighted by Gasteiger charge is 2.24. The highest BCUT2D eigenvalue weighted by molar-refractivity contribution is 5.46. The lowest BCUT2D eigenvalue weighted by Gasteiger charge is -2.20. The third-order valence-electron chi connectivity index (χ3n) is 3.36. The van der Waals surface area contributed by atoms with Gasteiger partial charge < -0.3 is 4.74 Å². The number of allylic oxidation sites excluding steroid dienone is 4. The van der Waals surface area contributed by atoms with E-state index in [2.05, 4.69) is 34.3 Å². The normalized spacial score (nSPS) is 27.9. The van der Waals surface area contributed by atoms with Crippen LogP contribution in [0.3, 0.4) is 0 Å². The van der Waals surface area contributed by atoms with Crippen molar-refractivity contribution in [1.82, 2.24) is 0 Å². The fourth-order valence-electron chi connectivity index (χ4n) is 2.45. The van der Waals surface area contributed by atoms with Crippen molar-refractivity contribution in [1.29, 1.82) is 0 Å². The number of azide groups is 1. The zero-order valence-corrected chi connectivity index (χ0v) is 10.2. The van der Waals surface area contributed by atoms with Gasteiger partial charge in [0.05, 0.1) is 6.10 Å². The average molecular weight is 231 g/mol. The molecular weight excluding hydrogens is 214 g/mol. The molecule has 0 heterocycles. The predicted molar refractivity (Wildman–Crippen MR) is 67.4 cm³/mol. The SMILES string of the molecule is COC1C=CC2=C(C=CC2CC(C)N=[N+]=[N-])C1. The molecule has 17 heavy (non-hydrogen) atoms. The van der Waals surface area contributed by atoms with Crippen molar-refractivity contribution in [3.63, 3.8) is 0 Å². The van der Waals surface area contributed by atoms with E-state index in [1.165, 1.54) is 11.1 Å². The molecule has 0 bridgehead atoms. The molecule has 0 saturated heterocycles. The summed E-state index contributed by atoms with van der Waals surface area (Å²) in [5.41, 5.74) is 11.1. The number of hydrogen-bond donors (Lipinski definition) is 0. The Labute approximate surface area is 101 Å². The molecule has 4 heteroatoms. The fraction of sp³-hybridized carbons (Fsp3) is 0.538. The van der Waals surface area contributed by atoms with E-state index in [1.807, 2.05) is 6.92 Å². The van der Waals surface area contributed by atoms with Gasteiger partial charge in [-0.1, -0.05) is 36.3 Å². The lowest BCUT2D eigenvalue weighted by Crippen LogP contribution is -2.14. The van der Waals surface area contributed by atoms with Gasteiger partial charge in [0.15, 0.2) is 0 Å². The minimum Gasteiger partial charge on any atom is -0.377 e. The van der Waals surface area contributed by atoms with Crippen LogP contribution in [-0.2, 0) is 4.74 Å². The summed E-state index contributed by atoms with van der Waals surface area (Å²) >= 11 is 0. The first kappa shape index (κ1) is 12.0. The van der Waals surface area contributed by atoms with Crippen LogP contribution in [0.1, 0.15) is 19.8 Å². The van der Waals surface area contributed by atoms with E-state index in [0.717, 1.165) is 12.8 Å². The topological polar surface area (TPSA) is 58.0 Å². The van der Waals surface area contributed by atoms with Crippen LogP contribution < -0.4 is 0 Å². The summed E-state index contributed by atoms with van der Waals surface area (Å²) < 4.78 is 5.33. The molecule has 2 rings (SSSR count). The Morgan fingerprint density at radius 3 is 3.06 bits per heavy atom. The van der Waals surface area contributed by atoms with Gasteiger partial charge in [-0.05, 0) is 23.1 Å². The van der Waals surface area contributed by atoms with Crippen LogP contribution in [0.15, 0.2) is 40.6 Å². The van der Waals surface area contributed by atoms with Crippen LogP contribution in [0.5, 0.6) is 0 Å². The van der Waals surface area contributed by atoms with Crippen molar-refractivity contribution >= 4 is 0 Å². The Morgan fingerprint density at radius 1 is 1.53 bits per heavy atom. The van der Waals surface area contributed by atoms with Crippen LogP contribution in [0.25, 0.3) is 10.4 Å². The van der Waals surface area contributed by atoms with Crippen LogP contribution in [0.4, 0.5) is 0 Å². The summed E-state index contributed by atoms with van der Waals surface area (Å²) in [6.45, 7) is 1.95. The Bertz CT molecular complexity index is 430. The quantitative estimate of drug-likeness (QED) is 0.415. The molecule has 0 aromatic heterocycles. The molecule has 0 amide bonds. The molecule has 0 aromatic rings. The summed E-state index contributed by atoms with van der Waals surface area (Å²) in [6.07, 6.45) is 10.7. The number of ether oxygens (including phenoxy) is 1. The van der Waals surface area contributed by atoms with E-state index in [1.54, 1.807) is 7.11 Å². The van der Waals surface area contributed by atoms with Crippen molar-refractivity contribution < 1.29 is 4.74 Å². The summed E-state index contributed by atoms with van der Waals surface area (Å²) in [6, 6.07) is 0.0371. The van der Waals surface area contributed by atoms with E-state index in [4.69, 9.17) is 10.3 Å². The monoisotopic (exact) mass is 231 g/mol. The van der Waals surface area contributed by atoms with Crippen LogP contribution in [0.2, 0.25) is 0 Å². The van der Waals surface area contributed by atoms with Gasteiger partial charge in [-0.3, -0.25) is 0 Å². The second-order valence-electron chi connectivity index (χ2n) is 4.57. The minimum absolute atomic E-state index is 0.0371. The zero-order valence-electron chi connectivity index (χ0n) is 10.2. The van der Waals surface area contributed by atoms with E-state index in [0.29, 0.717) is 5.92 Å². The molecule has 3 atom stereocenters. The maximum absolute atomic E-state index is 8.41. The molecule has 0 aromatic carbocycles. The molecule has 0 saturated carbocycles. The van der Waals surface area contributed by atoms with Crippen molar-refractivity contribution in [2.75, 3.05) is 7.11 Å². The van der Waals surface area contributed by atoms with Gasteiger partial charge in [-0.2, -0.15) is 0 Å². The van der Waals surface area contributed by atoms with Crippen molar-refractivity contribution in [2.45, 2.75) is 31.9 Å². The van der Waals surface area contributed by atoms with Crippen molar-refractivity contribution in [2.24, 2.45) is 11.0 Å². The van der Waals surface area contributed by atoms with Gasteiger partial charge in [0, 0.05) is 30.4 Å². The Hall–Kier alpha value is -1.51. The number of hydrogen-bond acceptors (Lipinski definition) is 2. The van der Waals surface area contributed by atoms with E-state index >= 15 is 0 Å². The first-order valence-corrected chi connectivity index (χ1v) is 5.91. The fourth-order valence-corrected chi connectivity index (χ4v) is 2.45. The molecule has 0 spiro atoms. The van der Waals surface area contributed by atoms with Crippen molar-refractivity contribution in [3.05, 3.63) is 45.9 Å². The third-order valence-corrected chi connectivity index (χ3v) is 3.36. The van der Waals surface area contributed by atoms with E-state index in [-0.39, 0.29) is 12.1 Å². The molecule has 90 valence electrons. The second kappa shape index (κ2) is 5.21. The third kappa shape index (κ3) is 2.60. The van der Waals surface area contributed by atoms with E-state index < -0.39 is 0 Å². The van der Waals surface area contributed by atoms with Gasteiger partial charge in [0.1, 0.15) is 0 Å². The average Bonchev–Trinajstić information content (AvgIpc) is 2.72. The zero-order chi connectivity index (χ0) is 12.3. The maximum Gasteiger partial charge on any atom is 0.0795 e. The molecule has 4 nitrogen and oxygen atoms in total. The maximum atomic E-state index is 8.41. The minimum atomic E-state index is 0.0371. The lowest BCUT2D eigenvalue weighted by molar-refractivity contribution is 0.140. The number of methoxy groups -OCH3 is 1. The van der Waals surface area contributed by atoms with Crippen LogP contribution in [0, 0.1) is 5.92 Å². The molecule has 0 N–H and O–H groups in total. The molecule has 2 aliphatic carbocycles. The smallest absolute Gasteiger partial charge is 0.0795 e. The Balaban J connectivity index is 2.05. The largest absolute Gasteiger partial charge is 0.377 e. The molecule has 0 radical (unpaired) electrons. The van der Waals surface area contributed by atoms with Gasteiger partial charge >= 0.3 is 0 Å². The highest BCUT2D eigenvalue weighted by atomic mass is 16.5. The molecule has 2 aliphatic rings. The first-order chi connectivity index (χ1) is 8.24. The van der Waals surface area contributed by atoms with Gasteiger partial charge in [-0.15, -0.1) is 0 Å². The second-order valence-corrected chi connectivity index (χ2v) is 4.57. The number of rotatable bonds is 4. The summed E-state index contributed by atoms with van der Waals surface area (Å²) in [7, 11) is 1.74. The predicted octanol–water partition coefficient (Wildman–Crippen LogP) is 3.53. The first-order valence-electron chi connectivity index (χ1n) is 5.91. The van der Waals surface area contributed by atoms with Gasteiger partial charge in [0.2, 0.25) is 0 Å².